The number of nitrogens with one attached hydrogen (secondary N) is 2. The molecule has 106 valence electrons. The summed E-state index contributed by atoms with van der Waals surface area (Å²) < 4.78 is 0. The van der Waals surface area contributed by atoms with E-state index in [4.69, 9.17) is 0 Å². The Labute approximate surface area is 119 Å². The van der Waals surface area contributed by atoms with Gasteiger partial charge in [-0.25, -0.2) is 0 Å². The molecule has 1 aromatic heterocycles. The Balaban J connectivity index is 1.89. The number of hydrogen-bond acceptors (Lipinski definition) is 3. The molecule has 0 spiro atoms. The number of pyridine rings is 1. The van der Waals surface area contributed by atoms with E-state index < -0.39 is 5.54 Å². The number of rotatable bonds is 3. The maximum absolute atomic E-state index is 12.6. The summed E-state index contributed by atoms with van der Waals surface area (Å²) in [4.78, 5) is 17.0. The topological polar surface area (TPSA) is 54.0 Å². The van der Waals surface area contributed by atoms with Gasteiger partial charge in [0.15, 0.2) is 0 Å². The molecule has 2 N–H and O–H groups in total. The normalized spacial score (nSPS) is 33.1. The first kappa shape index (κ1) is 13.3. The minimum Gasteiger partial charge on any atom is -0.354 e. The van der Waals surface area contributed by atoms with Gasteiger partial charge >= 0.3 is 0 Å². The Hall–Kier alpha value is -1.68. The SMILES string of the molecule is C=CC1CNC(=O)C2(Cc3ccccn3)CCCC1N2. The van der Waals surface area contributed by atoms with Crippen molar-refractivity contribution in [1.29, 1.82) is 0 Å². The predicted molar refractivity (Wildman–Crippen MR) is 78.1 cm³/mol. The van der Waals surface area contributed by atoms with Crippen LogP contribution in [0.1, 0.15) is 25.0 Å². The average molecular weight is 271 g/mol. The molecule has 1 aromatic rings. The third-order valence-electron chi connectivity index (χ3n) is 4.54. The van der Waals surface area contributed by atoms with Crippen LogP contribution in [0.2, 0.25) is 0 Å². The first-order chi connectivity index (χ1) is 9.73. The van der Waals surface area contributed by atoms with E-state index in [1.165, 1.54) is 0 Å². The molecule has 2 fully saturated rings. The van der Waals surface area contributed by atoms with Crippen LogP contribution in [0, 0.1) is 5.92 Å². The zero-order valence-corrected chi connectivity index (χ0v) is 11.6. The van der Waals surface area contributed by atoms with Crippen LogP contribution in [-0.4, -0.2) is 29.0 Å². The lowest BCUT2D eigenvalue weighted by Gasteiger charge is -2.40. The van der Waals surface area contributed by atoms with Crippen LogP contribution in [0.15, 0.2) is 37.1 Å². The summed E-state index contributed by atoms with van der Waals surface area (Å²) in [6.07, 6.45) is 7.45. The van der Waals surface area contributed by atoms with Crippen LogP contribution >= 0.6 is 0 Å². The fourth-order valence-electron chi connectivity index (χ4n) is 3.42. The fourth-order valence-corrected chi connectivity index (χ4v) is 3.42. The Kier molecular flexibility index (Phi) is 3.57. The summed E-state index contributed by atoms with van der Waals surface area (Å²) in [5, 5.41) is 6.68. The summed E-state index contributed by atoms with van der Waals surface area (Å²) >= 11 is 0. The van der Waals surface area contributed by atoms with Crippen LogP contribution in [0.4, 0.5) is 0 Å². The molecule has 2 bridgehead atoms. The van der Waals surface area contributed by atoms with Crippen molar-refractivity contribution < 1.29 is 4.79 Å². The summed E-state index contributed by atoms with van der Waals surface area (Å²) in [6.45, 7) is 4.59. The van der Waals surface area contributed by atoms with Crippen molar-refractivity contribution in [2.75, 3.05) is 6.54 Å². The molecule has 0 radical (unpaired) electrons. The summed E-state index contributed by atoms with van der Waals surface area (Å²) in [6, 6.07) is 6.20. The number of nitrogens with zero attached hydrogens (tertiary/aromatic N) is 1. The zero-order valence-electron chi connectivity index (χ0n) is 11.6. The van der Waals surface area contributed by atoms with Crippen LogP contribution in [-0.2, 0) is 11.2 Å². The fraction of sp³-hybridized carbons (Fsp3) is 0.500. The molecule has 0 aromatic carbocycles. The molecule has 0 aliphatic carbocycles. The zero-order chi connectivity index (χ0) is 14.0. The second kappa shape index (κ2) is 5.37. The Bertz CT molecular complexity index is 502. The van der Waals surface area contributed by atoms with E-state index in [-0.39, 0.29) is 5.91 Å². The van der Waals surface area contributed by atoms with Crippen LogP contribution in [0.3, 0.4) is 0 Å². The lowest BCUT2D eigenvalue weighted by molar-refractivity contribution is -0.128. The van der Waals surface area contributed by atoms with Crippen molar-refractivity contribution in [3.05, 3.63) is 42.7 Å². The molecule has 4 nitrogen and oxygen atoms in total. The summed E-state index contributed by atoms with van der Waals surface area (Å²) in [5.74, 6) is 0.419. The second-order valence-electron chi connectivity index (χ2n) is 5.83. The van der Waals surface area contributed by atoms with Gasteiger partial charge in [0.05, 0.1) is 0 Å². The standard InChI is InChI=1S/C16H21N3O/c1-2-12-11-18-15(20)16(8-5-7-14(12)19-16)10-13-6-3-4-9-17-13/h2-4,6,9,12,14,19H,1,5,7-8,10-11H2,(H,18,20). The number of carbonyl (C=O) groups is 1. The third kappa shape index (κ3) is 2.36. The minimum absolute atomic E-state index is 0.109. The van der Waals surface area contributed by atoms with Gasteiger partial charge in [-0.05, 0) is 31.4 Å². The molecule has 1 amide bonds. The summed E-state index contributed by atoms with van der Waals surface area (Å²) in [7, 11) is 0. The number of hydrogen-bond donors (Lipinski definition) is 2. The highest BCUT2D eigenvalue weighted by molar-refractivity contribution is 5.87. The van der Waals surface area contributed by atoms with Crippen molar-refractivity contribution in [1.82, 2.24) is 15.6 Å². The van der Waals surface area contributed by atoms with E-state index in [9.17, 15) is 4.79 Å². The van der Waals surface area contributed by atoms with Crippen molar-refractivity contribution in [3.63, 3.8) is 0 Å². The number of aromatic nitrogens is 1. The molecule has 3 rings (SSSR count). The lowest BCUT2D eigenvalue weighted by atomic mass is 9.80. The van der Waals surface area contributed by atoms with Gasteiger partial charge in [0.1, 0.15) is 5.54 Å². The van der Waals surface area contributed by atoms with Crippen molar-refractivity contribution in [2.24, 2.45) is 5.92 Å². The van der Waals surface area contributed by atoms with Gasteiger partial charge in [0, 0.05) is 36.8 Å². The molecular formula is C16H21N3O. The largest absolute Gasteiger partial charge is 0.354 e. The molecule has 3 unspecified atom stereocenters. The molecule has 3 heterocycles. The highest BCUT2D eigenvalue weighted by atomic mass is 16.2. The minimum atomic E-state index is -0.505. The molecule has 0 saturated carbocycles. The first-order valence-corrected chi connectivity index (χ1v) is 7.32. The number of amides is 1. The smallest absolute Gasteiger partial charge is 0.240 e. The van der Waals surface area contributed by atoms with Gasteiger partial charge in [0.25, 0.3) is 0 Å². The van der Waals surface area contributed by atoms with E-state index in [2.05, 4.69) is 22.2 Å². The van der Waals surface area contributed by atoms with Gasteiger partial charge < -0.3 is 5.32 Å². The molecule has 2 aliphatic heterocycles. The van der Waals surface area contributed by atoms with Gasteiger partial charge in [0.2, 0.25) is 5.91 Å². The molecule has 3 atom stereocenters. The Morgan fingerprint density at radius 2 is 2.40 bits per heavy atom. The molecular weight excluding hydrogens is 250 g/mol. The third-order valence-corrected chi connectivity index (χ3v) is 4.54. The molecule has 2 aliphatic rings. The van der Waals surface area contributed by atoms with E-state index in [0.29, 0.717) is 24.9 Å². The second-order valence-corrected chi connectivity index (χ2v) is 5.83. The van der Waals surface area contributed by atoms with E-state index in [1.54, 1.807) is 6.20 Å². The van der Waals surface area contributed by atoms with E-state index in [1.807, 2.05) is 24.3 Å². The Morgan fingerprint density at radius 3 is 3.15 bits per heavy atom. The van der Waals surface area contributed by atoms with Crippen LogP contribution in [0.25, 0.3) is 0 Å². The highest BCUT2D eigenvalue weighted by Crippen LogP contribution is 2.31. The van der Waals surface area contributed by atoms with Crippen LogP contribution in [0.5, 0.6) is 0 Å². The molecule has 2 saturated heterocycles. The van der Waals surface area contributed by atoms with E-state index in [0.717, 1.165) is 25.0 Å². The van der Waals surface area contributed by atoms with Crippen molar-refractivity contribution in [3.8, 4) is 0 Å². The molecule has 20 heavy (non-hydrogen) atoms. The maximum atomic E-state index is 12.6. The quantitative estimate of drug-likeness (QED) is 0.818. The maximum Gasteiger partial charge on any atom is 0.240 e. The lowest BCUT2D eigenvalue weighted by Crippen LogP contribution is -2.61. The predicted octanol–water partition coefficient (Wildman–Crippen LogP) is 1.44. The molecule has 4 heteroatoms. The number of carbonyl (C=O) groups excluding carboxylic acids is 1. The monoisotopic (exact) mass is 271 g/mol. The average Bonchev–Trinajstić information content (AvgIpc) is 2.56. The van der Waals surface area contributed by atoms with Crippen molar-refractivity contribution >= 4 is 5.91 Å². The van der Waals surface area contributed by atoms with Gasteiger partial charge in [-0.3, -0.25) is 15.1 Å². The number of fused-ring (bicyclic) bond motifs is 2. The summed E-state index contributed by atoms with van der Waals surface area (Å²) in [5.41, 5.74) is 0.461. The van der Waals surface area contributed by atoms with Crippen molar-refractivity contribution in [2.45, 2.75) is 37.3 Å². The van der Waals surface area contributed by atoms with Gasteiger partial charge in [-0.2, -0.15) is 0 Å². The van der Waals surface area contributed by atoms with Gasteiger partial charge in [-0.1, -0.05) is 12.1 Å². The first-order valence-electron chi connectivity index (χ1n) is 7.32. The Morgan fingerprint density at radius 1 is 1.50 bits per heavy atom. The van der Waals surface area contributed by atoms with E-state index >= 15 is 0 Å². The van der Waals surface area contributed by atoms with Gasteiger partial charge in [-0.15, -0.1) is 6.58 Å². The highest BCUT2D eigenvalue weighted by Gasteiger charge is 2.46. The van der Waals surface area contributed by atoms with Crippen LogP contribution < -0.4 is 10.6 Å². The number of piperidine rings is 1.